The van der Waals surface area contributed by atoms with E-state index in [-0.39, 0.29) is 18.6 Å². The first-order valence-corrected chi connectivity index (χ1v) is 4.90. The van der Waals surface area contributed by atoms with E-state index in [4.69, 9.17) is 5.11 Å². The molecule has 1 amide bonds. The Morgan fingerprint density at radius 2 is 2.43 bits per heavy atom. The lowest BCUT2D eigenvalue weighted by molar-refractivity contribution is -0.119. The van der Waals surface area contributed by atoms with E-state index in [9.17, 15) is 9.90 Å². The van der Waals surface area contributed by atoms with Crippen molar-refractivity contribution in [2.45, 2.75) is 25.5 Å². The first kappa shape index (κ1) is 11.4. The van der Waals surface area contributed by atoms with Gasteiger partial charge >= 0.3 is 0 Å². The summed E-state index contributed by atoms with van der Waals surface area (Å²) in [5.41, 5.74) is 0. The molecule has 2 atom stereocenters. The lowest BCUT2D eigenvalue weighted by Crippen LogP contribution is -2.38. The minimum atomic E-state index is -0.675. The molecule has 14 heavy (non-hydrogen) atoms. The van der Waals surface area contributed by atoms with Gasteiger partial charge in [0, 0.05) is 32.6 Å². The number of carbonyl (C=O) groups excluding carboxylic acids is 1. The zero-order valence-electron chi connectivity index (χ0n) is 8.44. The van der Waals surface area contributed by atoms with Gasteiger partial charge in [0.05, 0.1) is 12.7 Å². The van der Waals surface area contributed by atoms with Crippen LogP contribution in [0, 0.1) is 0 Å². The SMILES string of the molecule is CC(=O)NC1CCN(CC(O)CO)C1. The lowest BCUT2D eigenvalue weighted by Gasteiger charge is -2.18. The molecule has 1 heterocycles. The molecular formula is C9H18N2O3. The molecule has 0 aliphatic carbocycles. The van der Waals surface area contributed by atoms with Crippen molar-refractivity contribution >= 4 is 5.91 Å². The van der Waals surface area contributed by atoms with Crippen molar-refractivity contribution < 1.29 is 15.0 Å². The van der Waals surface area contributed by atoms with Crippen LogP contribution in [-0.4, -0.2) is 59.4 Å². The Labute approximate surface area is 83.7 Å². The summed E-state index contributed by atoms with van der Waals surface area (Å²) in [4.78, 5) is 12.8. The van der Waals surface area contributed by atoms with Crippen LogP contribution >= 0.6 is 0 Å². The number of β-amino-alcohol motifs (C(OH)–C–C–N with tert-alkyl or cyclic N) is 1. The maximum Gasteiger partial charge on any atom is 0.217 e. The summed E-state index contributed by atoms with van der Waals surface area (Å²) in [6.07, 6.45) is 0.239. The highest BCUT2D eigenvalue weighted by molar-refractivity contribution is 5.73. The predicted molar refractivity (Wildman–Crippen MR) is 51.8 cm³/mol. The molecule has 0 radical (unpaired) electrons. The van der Waals surface area contributed by atoms with Gasteiger partial charge in [0.2, 0.25) is 5.91 Å². The molecule has 1 aliphatic heterocycles. The second-order valence-electron chi connectivity index (χ2n) is 3.78. The predicted octanol–water partition coefficient (Wildman–Crippen LogP) is -1.45. The van der Waals surface area contributed by atoms with Gasteiger partial charge in [-0.2, -0.15) is 0 Å². The molecule has 5 nitrogen and oxygen atoms in total. The summed E-state index contributed by atoms with van der Waals surface area (Å²) in [7, 11) is 0. The molecule has 0 spiro atoms. The molecule has 82 valence electrons. The van der Waals surface area contributed by atoms with E-state index in [1.807, 2.05) is 4.90 Å². The number of rotatable bonds is 4. The monoisotopic (exact) mass is 202 g/mol. The fourth-order valence-electron chi connectivity index (χ4n) is 1.76. The van der Waals surface area contributed by atoms with E-state index in [0.717, 1.165) is 19.5 Å². The normalized spacial score (nSPS) is 24.9. The summed E-state index contributed by atoms with van der Waals surface area (Å²) in [5, 5.41) is 20.7. The van der Waals surface area contributed by atoms with Gasteiger partial charge in [-0.3, -0.25) is 9.69 Å². The molecule has 1 fully saturated rings. The van der Waals surface area contributed by atoms with Crippen molar-refractivity contribution in [1.29, 1.82) is 0 Å². The van der Waals surface area contributed by atoms with Crippen molar-refractivity contribution in [2.75, 3.05) is 26.2 Å². The van der Waals surface area contributed by atoms with Crippen molar-refractivity contribution in [1.82, 2.24) is 10.2 Å². The summed E-state index contributed by atoms with van der Waals surface area (Å²) in [6.45, 7) is 3.40. The highest BCUT2D eigenvalue weighted by Gasteiger charge is 2.24. The Kier molecular flexibility index (Phi) is 4.31. The van der Waals surface area contributed by atoms with Crippen LogP contribution in [0.2, 0.25) is 0 Å². The van der Waals surface area contributed by atoms with Gasteiger partial charge < -0.3 is 15.5 Å². The number of aliphatic hydroxyl groups is 2. The van der Waals surface area contributed by atoms with Crippen LogP contribution < -0.4 is 5.32 Å². The number of nitrogens with one attached hydrogen (secondary N) is 1. The van der Waals surface area contributed by atoms with E-state index in [1.54, 1.807) is 0 Å². The van der Waals surface area contributed by atoms with Gasteiger partial charge in [0.15, 0.2) is 0 Å². The van der Waals surface area contributed by atoms with Crippen molar-refractivity contribution in [2.24, 2.45) is 0 Å². The maximum absolute atomic E-state index is 10.8. The van der Waals surface area contributed by atoms with Gasteiger partial charge in [0.1, 0.15) is 0 Å². The second kappa shape index (κ2) is 5.29. The standard InChI is InChI=1S/C9H18N2O3/c1-7(13)10-8-2-3-11(4-8)5-9(14)6-12/h8-9,12,14H,2-6H2,1H3,(H,10,13). The van der Waals surface area contributed by atoms with Gasteiger partial charge in [0.25, 0.3) is 0 Å². The molecule has 0 aromatic heterocycles. The zero-order chi connectivity index (χ0) is 10.6. The van der Waals surface area contributed by atoms with Gasteiger partial charge in [-0.05, 0) is 6.42 Å². The number of nitrogens with zero attached hydrogens (tertiary/aromatic N) is 1. The Morgan fingerprint density at radius 3 is 3.00 bits per heavy atom. The average molecular weight is 202 g/mol. The van der Waals surface area contributed by atoms with Crippen molar-refractivity contribution in [3.63, 3.8) is 0 Å². The second-order valence-corrected chi connectivity index (χ2v) is 3.78. The number of aliphatic hydroxyl groups excluding tert-OH is 2. The van der Waals surface area contributed by atoms with E-state index in [0.29, 0.717) is 6.54 Å². The lowest BCUT2D eigenvalue weighted by atomic mass is 10.2. The molecule has 1 rings (SSSR count). The summed E-state index contributed by atoms with van der Waals surface area (Å²) in [5.74, 6) is -0.0143. The number of hydrogen-bond acceptors (Lipinski definition) is 4. The number of amides is 1. The molecule has 0 aromatic rings. The van der Waals surface area contributed by atoms with Crippen LogP contribution in [0.15, 0.2) is 0 Å². The maximum atomic E-state index is 10.8. The van der Waals surface area contributed by atoms with Gasteiger partial charge in [-0.1, -0.05) is 0 Å². The molecule has 0 bridgehead atoms. The van der Waals surface area contributed by atoms with E-state index < -0.39 is 6.10 Å². The summed E-state index contributed by atoms with van der Waals surface area (Å²) >= 11 is 0. The van der Waals surface area contributed by atoms with E-state index >= 15 is 0 Å². The van der Waals surface area contributed by atoms with Crippen LogP contribution in [0.1, 0.15) is 13.3 Å². The average Bonchev–Trinajstić information content (AvgIpc) is 2.51. The fourth-order valence-corrected chi connectivity index (χ4v) is 1.76. The molecule has 0 saturated carbocycles. The first-order chi connectivity index (χ1) is 6.61. The van der Waals surface area contributed by atoms with Crippen LogP contribution in [-0.2, 0) is 4.79 Å². The number of likely N-dealkylation sites (tertiary alicyclic amines) is 1. The van der Waals surface area contributed by atoms with Crippen LogP contribution in [0.4, 0.5) is 0 Å². The Bertz CT molecular complexity index is 198. The van der Waals surface area contributed by atoms with Crippen molar-refractivity contribution in [3.05, 3.63) is 0 Å². The van der Waals surface area contributed by atoms with Gasteiger partial charge in [-0.15, -0.1) is 0 Å². The third kappa shape index (κ3) is 3.61. The highest BCUT2D eigenvalue weighted by atomic mass is 16.3. The fraction of sp³-hybridized carbons (Fsp3) is 0.889. The Balaban J connectivity index is 2.23. The topological polar surface area (TPSA) is 72.8 Å². The Hall–Kier alpha value is -0.650. The molecule has 5 heteroatoms. The summed E-state index contributed by atoms with van der Waals surface area (Å²) < 4.78 is 0. The molecule has 0 aromatic carbocycles. The van der Waals surface area contributed by atoms with Crippen LogP contribution in [0.25, 0.3) is 0 Å². The van der Waals surface area contributed by atoms with E-state index in [2.05, 4.69) is 5.32 Å². The van der Waals surface area contributed by atoms with Gasteiger partial charge in [-0.25, -0.2) is 0 Å². The van der Waals surface area contributed by atoms with Crippen molar-refractivity contribution in [3.8, 4) is 0 Å². The van der Waals surface area contributed by atoms with E-state index in [1.165, 1.54) is 6.92 Å². The molecule has 1 saturated heterocycles. The zero-order valence-corrected chi connectivity index (χ0v) is 8.44. The molecule has 1 aliphatic rings. The quantitative estimate of drug-likeness (QED) is 0.521. The number of hydrogen-bond donors (Lipinski definition) is 3. The smallest absolute Gasteiger partial charge is 0.217 e. The molecular weight excluding hydrogens is 184 g/mol. The molecule has 3 N–H and O–H groups in total. The largest absolute Gasteiger partial charge is 0.394 e. The third-order valence-electron chi connectivity index (χ3n) is 2.36. The summed E-state index contributed by atoms with van der Waals surface area (Å²) in [6, 6.07) is 0.193. The highest BCUT2D eigenvalue weighted by Crippen LogP contribution is 2.09. The first-order valence-electron chi connectivity index (χ1n) is 4.90. The van der Waals surface area contributed by atoms with Crippen LogP contribution in [0.5, 0.6) is 0 Å². The van der Waals surface area contributed by atoms with Crippen LogP contribution in [0.3, 0.4) is 0 Å². The minimum Gasteiger partial charge on any atom is -0.394 e. The Morgan fingerprint density at radius 1 is 1.71 bits per heavy atom. The third-order valence-corrected chi connectivity index (χ3v) is 2.36. The number of carbonyl (C=O) groups is 1. The molecule has 2 unspecified atom stereocenters. The minimum absolute atomic E-state index is 0.0143.